The molecule has 32 heavy (non-hydrogen) atoms. The molecule has 1 N–H and O–H groups in total. The van der Waals surface area contributed by atoms with E-state index in [0.29, 0.717) is 25.1 Å². The number of carbonyl (C=O) groups is 3. The second kappa shape index (κ2) is 9.30. The molecule has 2 heterocycles. The normalized spacial score (nSPS) is 19.5. The molecule has 0 aromatic heterocycles. The van der Waals surface area contributed by atoms with E-state index < -0.39 is 12.2 Å². The number of amides is 3. The lowest BCUT2D eigenvalue weighted by Gasteiger charge is -2.22. The average molecular weight is 437 g/mol. The summed E-state index contributed by atoms with van der Waals surface area (Å²) in [5, 5.41) is 2.76. The molecule has 2 aliphatic rings. The highest BCUT2D eigenvalue weighted by Gasteiger charge is 2.36. The first-order valence-electron chi connectivity index (χ1n) is 10.8. The van der Waals surface area contributed by atoms with Crippen molar-refractivity contribution in [1.29, 1.82) is 0 Å². The third kappa shape index (κ3) is 4.54. The minimum atomic E-state index is -0.439. The number of anilines is 2. The third-order valence-corrected chi connectivity index (χ3v) is 5.71. The molecule has 4 rings (SSSR count). The molecular formula is C24H27N3O5. The minimum Gasteiger partial charge on any atom is -0.444 e. The molecule has 2 aromatic carbocycles. The number of nitrogens with one attached hydrogen (secondary N) is 1. The van der Waals surface area contributed by atoms with Gasteiger partial charge in [0.15, 0.2) is 0 Å². The molecule has 1 saturated heterocycles. The van der Waals surface area contributed by atoms with Crippen molar-refractivity contribution in [3.05, 3.63) is 59.7 Å². The summed E-state index contributed by atoms with van der Waals surface area (Å²) in [7, 11) is 0. The largest absolute Gasteiger partial charge is 0.444 e. The van der Waals surface area contributed by atoms with Gasteiger partial charge in [-0.15, -0.1) is 0 Å². The number of benzene rings is 2. The summed E-state index contributed by atoms with van der Waals surface area (Å²) in [4.78, 5) is 39.8. The molecule has 0 unspecified atom stereocenters. The molecule has 0 spiro atoms. The Morgan fingerprint density at radius 3 is 2.72 bits per heavy atom. The van der Waals surface area contributed by atoms with Crippen molar-refractivity contribution in [2.45, 2.75) is 45.4 Å². The van der Waals surface area contributed by atoms with Crippen LogP contribution in [0, 0.1) is 0 Å². The van der Waals surface area contributed by atoms with Crippen molar-refractivity contribution in [3.63, 3.8) is 0 Å². The van der Waals surface area contributed by atoms with Crippen molar-refractivity contribution in [3.8, 4) is 0 Å². The Morgan fingerprint density at radius 1 is 1.19 bits per heavy atom. The molecule has 3 amide bonds. The van der Waals surface area contributed by atoms with E-state index in [0.717, 1.165) is 16.8 Å². The Balaban J connectivity index is 1.42. The molecule has 168 valence electrons. The van der Waals surface area contributed by atoms with Crippen LogP contribution in [0.4, 0.5) is 21.0 Å². The Kier molecular flexibility index (Phi) is 6.30. The molecule has 1 fully saturated rings. The molecular weight excluding hydrogens is 410 g/mol. The van der Waals surface area contributed by atoms with Crippen LogP contribution in [0.2, 0.25) is 0 Å². The molecule has 2 aliphatic heterocycles. The van der Waals surface area contributed by atoms with Crippen LogP contribution in [0.25, 0.3) is 0 Å². The SMILES string of the molecule is CCC(=O)NC[C@H]1CN(c2ccc3c(c2)C[C@@H](C)N3C(=O)OCc2ccccc2)C(=O)O1. The van der Waals surface area contributed by atoms with Gasteiger partial charge in [0, 0.05) is 18.2 Å². The summed E-state index contributed by atoms with van der Waals surface area (Å²) >= 11 is 0. The first-order chi connectivity index (χ1) is 15.5. The summed E-state index contributed by atoms with van der Waals surface area (Å²) < 4.78 is 10.9. The number of hydrogen-bond acceptors (Lipinski definition) is 5. The second-order valence-corrected chi connectivity index (χ2v) is 8.05. The van der Waals surface area contributed by atoms with Crippen LogP contribution in [0.15, 0.2) is 48.5 Å². The zero-order chi connectivity index (χ0) is 22.7. The van der Waals surface area contributed by atoms with Crippen LogP contribution in [0.3, 0.4) is 0 Å². The summed E-state index contributed by atoms with van der Waals surface area (Å²) in [5.41, 5.74) is 3.41. The second-order valence-electron chi connectivity index (χ2n) is 8.05. The zero-order valence-corrected chi connectivity index (χ0v) is 18.2. The molecule has 2 aromatic rings. The van der Waals surface area contributed by atoms with Crippen LogP contribution >= 0.6 is 0 Å². The number of nitrogens with zero attached hydrogens (tertiary/aromatic N) is 2. The Morgan fingerprint density at radius 2 is 1.97 bits per heavy atom. The number of rotatable bonds is 6. The van der Waals surface area contributed by atoms with Crippen LogP contribution in [-0.2, 0) is 27.3 Å². The van der Waals surface area contributed by atoms with Gasteiger partial charge >= 0.3 is 12.2 Å². The van der Waals surface area contributed by atoms with Gasteiger partial charge in [0.25, 0.3) is 0 Å². The smallest absolute Gasteiger partial charge is 0.414 e. The summed E-state index contributed by atoms with van der Waals surface area (Å²) in [6, 6.07) is 15.1. The summed E-state index contributed by atoms with van der Waals surface area (Å²) in [5.74, 6) is -0.0785. The quantitative estimate of drug-likeness (QED) is 0.746. The van der Waals surface area contributed by atoms with E-state index in [1.165, 1.54) is 0 Å². The van der Waals surface area contributed by atoms with Gasteiger partial charge in [0.2, 0.25) is 5.91 Å². The Labute approximate surface area is 187 Å². The topological polar surface area (TPSA) is 88.2 Å². The van der Waals surface area contributed by atoms with Crippen LogP contribution in [0.1, 0.15) is 31.4 Å². The standard InChI is InChI=1S/C24H27N3O5/c1-3-22(28)25-13-20-14-26(23(29)32-20)19-9-10-21-18(12-19)11-16(2)27(21)24(30)31-15-17-7-5-4-6-8-17/h4-10,12,16,20H,3,11,13-15H2,1-2H3,(H,25,28)/t16-,20+/m1/s1. The highest BCUT2D eigenvalue weighted by Crippen LogP contribution is 2.36. The van der Waals surface area contributed by atoms with E-state index in [1.54, 1.807) is 16.7 Å². The Hall–Kier alpha value is -3.55. The van der Waals surface area contributed by atoms with Gasteiger partial charge in [-0.2, -0.15) is 0 Å². The van der Waals surface area contributed by atoms with E-state index in [9.17, 15) is 14.4 Å². The van der Waals surface area contributed by atoms with Crippen molar-refractivity contribution >= 4 is 29.5 Å². The van der Waals surface area contributed by atoms with E-state index in [2.05, 4.69) is 5.32 Å². The van der Waals surface area contributed by atoms with Gasteiger partial charge in [-0.3, -0.25) is 14.6 Å². The number of carbonyl (C=O) groups excluding carboxylic acids is 3. The van der Waals surface area contributed by atoms with Gasteiger partial charge in [-0.25, -0.2) is 9.59 Å². The molecule has 8 heteroatoms. The average Bonchev–Trinajstić information content (AvgIpc) is 3.34. The number of fused-ring (bicyclic) bond motifs is 1. The van der Waals surface area contributed by atoms with Crippen LogP contribution in [0.5, 0.6) is 0 Å². The fraction of sp³-hybridized carbons (Fsp3) is 0.375. The van der Waals surface area contributed by atoms with Crippen molar-refractivity contribution in [2.75, 3.05) is 22.9 Å². The molecule has 0 radical (unpaired) electrons. The summed E-state index contributed by atoms with van der Waals surface area (Å²) in [6.45, 7) is 4.61. The maximum atomic E-state index is 12.8. The van der Waals surface area contributed by atoms with Crippen molar-refractivity contribution in [2.24, 2.45) is 0 Å². The van der Waals surface area contributed by atoms with Crippen molar-refractivity contribution < 1.29 is 23.9 Å². The number of ether oxygens (including phenoxy) is 2. The lowest BCUT2D eigenvalue weighted by molar-refractivity contribution is -0.121. The summed E-state index contributed by atoms with van der Waals surface area (Å²) in [6.07, 6.45) is -0.166. The lowest BCUT2D eigenvalue weighted by atomic mass is 10.1. The van der Waals surface area contributed by atoms with E-state index in [1.807, 2.05) is 55.5 Å². The highest BCUT2D eigenvalue weighted by atomic mass is 16.6. The maximum absolute atomic E-state index is 12.8. The monoisotopic (exact) mass is 437 g/mol. The lowest BCUT2D eigenvalue weighted by Crippen LogP contribution is -2.36. The maximum Gasteiger partial charge on any atom is 0.414 e. The predicted molar refractivity (Wildman–Crippen MR) is 120 cm³/mol. The van der Waals surface area contributed by atoms with E-state index in [4.69, 9.17) is 9.47 Å². The Bertz CT molecular complexity index is 1010. The molecule has 0 bridgehead atoms. The predicted octanol–water partition coefficient (Wildman–Crippen LogP) is 3.63. The van der Waals surface area contributed by atoms with E-state index in [-0.39, 0.29) is 31.2 Å². The van der Waals surface area contributed by atoms with Crippen molar-refractivity contribution in [1.82, 2.24) is 5.32 Å². The van der Waals surface area contributed by atoms with Crippen LogP contribution in [-0.4, -0.2) is 43.3 Å². The molecule has 0 aliphatic carbocycles. The molecule has 2 atom stereocenters. The first-order valence-corrected chi connectivity index (χ1v) is 10.8. The highest BCUT2D eigenvalue weighted by molar-refractivity contribution is 5.94. The van der Waals surface area contributed by atoms with Gasteiger partial charge in [0.05, 0.1) is 18.8 Å². The third-order valence-electron chi connectivity index (χ3n) is 5.71. The van der Waals surface area contributed by atoms with Gasteiger partial charge < -0.3 is 14.8 Å². The number of hydrogen-bond donors (Lipinski definition) is 1. The van der Waals surface area contributed by atoms with Gasteiger partial charge in [-0.1, -0.05) is 37.3 Å². The fourth-order valence-electron chi connectivity index (χ4n) is 4.04. The van der Waals surface area contributed by atoms with Gasteiger partial charge in [0.1, 0.15) is 12.7 Å². The molecule has 0 saturated carbocycles. The number of cyclic esters (lactones) is 1. The fourth-order valence-corrected chi connectivity index (χ4v) is 4.04. The van der Waals surface area contributed by atoms with Crippen LogP contribution < -0.4 is 15.1 Å². The first kappa shape index (κ1) is 21.7. The molecule has 8 nitrogen and oxygen atoms in total. The van der Waals surface area contributed by atoms with E-state index >= 15 is 0 Å². The zero-order valence-electron chi connectivity index (χ0n) is 18.2. The van der Waals surface area contributed by atoms with Gasteiger partial charge in [-0.05, 0) is 42.7 Å². The minimum absolute atomic E-state index is 0.0499.